The maximum Gasteiger partial charge on any atom is 0.235 e. The normalized spacial score (nSPS) is 18.4. The maximum atomic E-state index is 10.1. The zero-order valence-electron chi connectivity index (χ0n) is 6.08. The van der Waals surface area contributed by atoms with Crippen LogP contribution in [0.1, 0.15) is 18.5 Å². The average molecular weight is 245 g/mol. The first-order valence-electron chi connectivity index (χ1n) is 3.47. The molecule has 1 saturated carbocycles. The lowest BCUT2D eigenvalue weighted by molar-refractivity contribution is 0.555. The van der Waals surface area contributed by atoms with Gasteiger partial charge < -0.3 is 0 Å². The van der Waals surface area contributed by atoms with Gasteiger partial charge in [0.05, 0.1) is 5.69 Å². The molecule has 3 nitrogen and oxygen atoms in total. The summed E-state index contributed by atoms with van der Waals surface area (Å²) in [6.07, 6.45) is 3.43. The van der Waals surface area contributed by atoms with Gasteiger partial charge in [0.15, 0.2) is 3.92 Å². The SMILES string of the molecule is O=C=NC1(c2csc(Br)n2)CC1. The maximum absolute atomic E-state index is 10.1. The Balaban J connectivity index is 2.36. The van der Waals surface area contributed by atoms with Gasteiger partial charge in [-0.1, -0.05) is 0 Å². The van der Waals surface area contributed by atoms with Crippen molar-refractivity contribution in [3.8, 4) is 0 Å². The number of halogens is 1. The summed E-state index contributed by atoms with van der Waals surface area (Å²) < 4.78 is 0.838. The van der Waals surface area contributed by atoms with Gasteiger partial charge in [-0.15, -0.1) is 11.3 Å². The minimum atomic E-state index is -0.315. The zero-order valence-corrected chi connectivity index (χ0v) is 8.48. The molecule has 2 rings (SSSR count). The van der Waals surface area contributed by atoms with E-state index in [0.29, 0.717) is 0 Å². The van der Waals surface area contributed by atoms with E-state index in [-0.39, 0.29) is 5.54 Å². The summed E-state index contributed by atoms with van der Waals surface area (Å²) in [5.74, 6) is 0. The number of carbonyl (C=O) groups excluding carboxylic acids is 1. The summed E-state index contributed by atoms with van der Waals surface area (Å²) in [4.78, 5) is 18.1. The number of nitrogens with zero attached hydrogens (tertiary/aromatic N) is 2. The number of aliphatic imine (C=N–C) groups is 1. The zero-order chi connectivity index (χ0) is 8.60. The van der Waals surface area contributed by atoms with E-state index in [9.17, 15) is 4.79 Å². The van der Waals surface area contributed by atoms with Gasteiger partial charge in [0.2, 0.25) is 6.08 Å². The van der Waals surface area contributed by atoms with E-state index in [0.717, 1.165) is 22.5 Å². The highest BCUT2D eigenvalue weighted by molar-refractivity contribution is 9.11. The molecule has 0 bridgehead atoms. The van der Waals surface area contributed by atoms with Crippen molar-refractivity contribution in [3.05, 3.63) is 15.0 Å². The number of rotatable bonds is 2. The van der Waals surface area contributed by atoms with Crippen LogP contribution in [0.5, 0.6) is 0 Å². The van der Waals surface area contributed by atoms with Gasteiger partial charge in [-0.3, -0.25) is 0 Å². The molecule has 1 fully saturated rings. The molecule has 1 heterocycles. The fraction of sp³-hybridized carbons (Fsp3) is 0.429. The van der Waals surface area contributed by atoms with Crippen molar-refractivity contribution in [3.63, 3.8) is 0 Å². The molecule has 1 aliphatic rings. The quantitative estimate of drug-likeness (QED) is 0.592. The molecule has 0 amide bonds. The van der Waals surface area contributed by atoms with Crippen LogP contribution in [0.15, 0.2) is 14.3 Å². The predicted octanol–water partition coefficient (Wildman–Crippen LogP) is 2.23. The molecule has 0 aliphatic heterocycles. The van der Waals surface area contributed by atoms with Gasteiger partial charge in [0.25, 0.3) is 0 Å². The van der Waals surface area contributed by atoms with Crippen molar-refractivity contribution < 1.29 is 4.79 Å². The second kappa shape index (κ2) is 2.76. The summed E-state index contributed by atoms with van der Waals surface area (Å²) in [6.45, 7) is 0. The summed E-state index contributed by atoms with van der Waals surface area (Å²) >= 11 is 4.78. The van der Waals surface area contributed by atoms with Crippen LogP contribution < -0.4 is 0 Å². The van der Waals surface area contributed by atoms with Crippen molar-refractivity contribution in [2.45, 2.75) is 18.4 Å². The van der Waals surface area contributed by atoms with Crippen LogP contribution in [0.3, 0.4) is 0 Å². The Morgan fingerprint density at radius 1 is 1.75 bits per heavy atom. The standard InChI is InChI=1S/C7H5BrN2OS/c8-6-10-5(3-12-6)7(1-2-7)9-4-11/h3H,1-2H2. The molecule has 0 unspecified atom stereocenters. The van der Waals surface area contributed by atoms with Gasteiger partial charge in [-0.2, -0.15) is 4.99 Å². The third kappa shape index (κ3) is 1.24. The van der Waals surface area contributed by atoms with Crippen LogP contribution in [0.25, 0.3) is 0 Å². The first kappa shape index (κ1) is 8.10. The molecule has 0 saturated heterocycles. The summed E-state index contributed by atoms with van der Waals surface area (Å²) in [6, 6.07) is 0. The molecule has 1 aromatic heterocycles. The van der Waals surface area contributed by atoms with Crippen LogP contribution in [0, 0.1) is 0 Å². The number of aromatic nitrogens is 1. The van der Waals surface area contributed by atoms with Crippen LogP contribution >= 0.6 is 27.3 Å². The Kier molecular flexibility index (Phi) is 1.87. The monoisotopic (exact) mass is 244 g/mol. The number of hydrogen-bond acceptors (Lipinski definition) is 4. The second-order valence-electron chi connectivity index (χ2n) is 2.72. The first-order valence-corrected chi connectivity index (χ1v) is 5.15. The Labute approximate surface area is 81.7 Å². The summed E-state index contributed by atoms with van der Waals surface area (Å²) in [7, 11) is 0. The minimum Gasteiger partial charge on any atom is -0.232 e. The van der Waals surface area contributed by atoms with Gasteiger partial charge in [-0.25, -0.2) is 9.78 Å². The molecule has 5 heteroatoms. The molecule has 1 aromatic rings. The van der Waals surface area contributed by atoms with Crippen molar-refractivity contribution in [1.29, 1.82) is 0 Å². The lowest BCUT2D eigenvalue weighted by atomic mass is 10.2. The molecular formula is C7H5BrN2OS. The number of thiazole rings is 1. The fourth-order valence-electron chi connectivity index (χ4n) is 1.10. The van der Waals surface area contributed by atoms with Gasteiger partial charge in [-0.05, 0) is 28.8 Å². The Morgan fingerprint density at radius 3 is 2.92 bits per heavy atom. The third-order valence-electron chi connectivity index (χ3n) is 1.94. The van der Waals surface area contributed by atoms with E-state index < -0.39 is 0 Å². The van der Waals surface area contributed by atoms with Gasteiger partial charge in [0, 0.05) is 5.38 Å². The lowest BCUT2D eigenvalue weighted by Crippen LogP contribution is -2.01. The van der Waals surface area contributed by atoms with Crippen molar-refractivity contribution in [1.82, 2.24) is 4.98 Å². The highest BCUT2D eigenvalue weighted by Crippen LogP contribution is 2.49. The third-order valence-corrected chi connectivity index (χ3v) is 3.30. The first-order chi connectivity index (χ1) is 5.77. The number of hydrogen-bond donors (Lipinski definition) is 0. The Bertz CT molecular complexity index is 352. The topological polar surface area (TPSA) is 42.3 Å². The molecule has 0 N–H and O–H groups in total. The highest BCUT2D eigenvalue weighted by atomic mass is 79.9. The van der Waals surface area contributed by atoms with E-state index in [4.69, 9.17) is 0 Å². The summed E-state index contributed by atoms with van der Waals surface area (Å²) in [5.41, 5.74) is 0.576. The molecule has 0 aromatic carbocycles. The number of isocyanates is 1. The van der Waals surface area contributed by atoms with Crippen molar-refractivity contribution in [2.75, 3.05) is 0 Å². The van der Waals surface area contributed by atoms with Crippen LogP contribution in [-0.4, -0.2) is 11.1 Å². The highest BCUT2D eigenvalue weighted by Gasteiger charge is 2.46. The van der Waals surface area contributed by atoms with Gasteiger partial charge >= 0.3 is 0 Å². The molecule has 0 atom stereocenters. The minimum absolute atomic E-state index is 0.315. The predicted molar refractivity (Wildman–Crippen MR) is 48.8 cm³/mol. The molecule has 0 spiro atoms. The molecular weight excluding hydrogens is 240 g/mol. The van der Waals surface area contributed by atoms with E-state index >= 15 is 0 Å². The second-order valence-corrected chi connectivity index (χ2v) is 4.85. The van der Waals surface area contributed by atoms with Crippen molar-refractivity contribution in [2.24, 2.45) is 4.99 Å². The van der Waals surface area contributed by atoms with E-state index in [1.165, 1.54) is 11.3 Å². The summed E-state index contributed by atoms with van der Waals surface area (Å²) in [5, 5.41) is 1.93. The fourth-order valence-corrected chi connectivity index (χ4v) is 2.20. The van der Waals surface area contributed by atoms with Crippen LogP contribution in [-0.2, 0) is 10.3 Å². The van der Waals surface area contributed by atoms with E-state index in [1.54, 1.807) is 6.08 Å². The smallest absolute Gasteiger partial charge is 0.232 e. The Hall–Kier alpha value is -0.510. The lowest BCUT2D eigenvalue weighted by Gasteiger charge is -2.00. The van der Waals surface area contributed by atoms with Crippen molar-refractivity contribution >= 4 is 33.3 Å². The molecule has 1 aliphatic carbocycles. The van der Waals surface area contributed by atoms with E-state index in [1.807, 2.05) is 5.38 Å². The Morgan fingerprint density at radius 2 is 2.50 bits per heavy atom. The van der Waals surface area contributed by atoms with Crippen LogP contribution in [0.4, 0.5) is 0 Å². The molecule has 62 valence electrons. The average Bonchev–Trinajstić information content (AvgIpc) is 2.69. The molecule has 12 heavy (non-hydrogen) atoms. The van der Waals surface area contributed by atoms with Crippen LogP contribution in [0.2, 0.25) is 0 Å². The molecule has 0 radical (unpaired) electrons. The van der Waals surface area contributed by atoms with Gasteiger partial charge in [0.1, 0.15) is 5.54 Å². The largest absolute Gasteiger partial charge is 0.235 e. The van der Waals surface area contributed by atoms with E-state index in [2.05, 4.69) is 25.9 Å².